The molecule has 0 radical (unpaired) electrons. The first-order valence-electron chi connectivity index (χ1n) is 4.47. The van der Waals surface area contributed by atoms with Gasteiger partial charge >= 0.3 is 0 Å². The van der Waals surface area contributed by atoms with Crippen LogP contribution in [-0.2, 0) is 0 Å². The summed E-state index contributed by atoms with van der Waals surface area (Å²) in [5.41, 5.74) is 2.91. The van der Waals surface area contributed by atoms with Gasteiger partial charge in [-0.2, -0.15) is 0 Å². The average molecular weight is 282 g/mol. The molecule has 4 heteroatoms. The molecule has 0 spiro atoms. The van der Waals surface area contributed by atoms with Gasteiger partial charge in [0.25, 0.3) is 0 Å². The van der Waals surface area contributed by atoms with Gasteiger partial charge in [0.05, 0.1) is 11.0 Å². The summed E-state index contributed by atoms with van der Waals surface area (Å²) in [6.07, 6.45) is 2.00. The van der Waals surface area contributed by atoms with Crippen LogP contribution in [0.25, 0.3) is 16.7 Å². The summed E-state index contributed by atoms with van der Waals surface area (Å²) in [7, 11) is 0. The Balaban J connectivity index is 2.53. The molecule has 2 heterocycles. The van der Waals surface area contributed by atoms with Crippen molar-refractivity contribution >= 4 is 44.2 Å². The van der Waals surface area contributed by atoms with Crippen molar-refractivity contribution in [1.82, 2.24) is 9.38 Å². The van der Waals surface area contributed by atoms with Gasteiger partial charge in [0, 0.05) is 15.7 Å². The Bertz CT molecular complexity index is 660. The zero-order chi connectivity index (χ0) is 10.4. The van der Waals surface area contributed by atoms with Gasteiger partial charge < -0.3 is 0 Å². The summed E-state index contributed by atoms with van der Waals surface area (Å²) in [5, 5.41) is 0.713. The van der Waals surface area contributed by atoms with E-state index in [4.69, 9.17) is 11.6 Å². The number of hydrogen-bond donors (Lipinski definition) is 0. The normalized spacial score (nSPS) is 11.3. The minimum absolute atomic E-state index is 0.713. The van der Waals surface area contributed by atoms with Gasteiger partial charge in [-0.05, 0) is 46.3 Å². The topological polar surface area (TPSA) is 17.3 Å². The molecule has 2 nitrogen and oxygen atoms in total. The molecule has 0 fully saturated rings. The summed E-state index contributed by atoms with van der Waals surface area (Å²) in [4.78, 5) is 4.47. The van der Waals surface area contributed by atoms with Gasteiger partial charge in [-0.3, -0.25) is 4.40 Å². The van der Waals surface area contributed by atoms with Gasteiger partial charge in [0.15, 0.2) is 0 Å². The fourth-order valence-electron chi connectivity index (χ4n) is 1.66. The molecule has 15 heavy (non-hydrogen) atoms. The summed E-state index contributed by atoms with van der Waals surface area (Å²) < 4.78 is 3.07. The number of fused-ring (bicyclic) bond motifs is 3. The van der Waals surface area contributed by atoms with Crippen molar-refractivity contribution < 1.29 is 0 Å². The molecule has 0 amide bonds. The molecular weight excluding hydrogens is 275 g/mol. The van der Waals surface area contributed by atoms with Crippen LogP contribution in [-0.4, -0.2) is 9.38 Å². The third-order valence-corrected chi connectivity index (χ3v) is 3.03. The van der Waals surface area contributed by atoms with Crippen molar-refractivity contribution in [1.29, 1.82) is 0 Å². The lowest BCUT2D eigenvalue weighted by molar-refractivity contribution is 1.21. The number of aromatic nitrogens is 2. The first-order valence-corrected chi connectivity index (χ1v) is 5.64. The van der Waals surface area contributed by atoms with E-state index in [1.54, 1.807) is 0 Å². The number of rotatable bonds is 0. The standard InChI is InChI=1S/C11H6BrClN2/c12-7-1-4-11-14-9-5-8(13)2-3-10(9)15(11)6-7/h1-6H. The summed E-state index contributed by atoms with van der Waals surface area (Å²) in [6.45, 7) is 0. The van der Waals surface area contributed by atoms with E-state index in [1.807, 2.05) is 40.9 Å². The third kappa shape index (κ3) is 1.43. The van der Waals surface area contributed by atoms with Crippen molar-refractivity contribution in [2.24, 2.45) is 0 Å². The first-order chi connectivity index (χ1) is 7.24. The molecule has 0 aliphatic heterocycles. The molecule has 0 saturated carbocycles. The Morgan fingerprint density at radius 1 is 1.20 bits per heavy atom. The van der Waals surface area contributed by atoms with Gasteiger partial charge in [0.2, 0.25) is 0 Å². The Morgan fingerprint density at radius 2 is 2.07 bits per heavy atom. The maximum atomic E-state index is 5.92. The second kappa shape index (κ2) is 3.22. The van der Waals surface area contributed by atoms with Gasteiger partial charge in [-0.1, -0.05) is 11.6 Å². The van der Waals surface area contributed by atoms with Crippen LogP contribution in [0.5, 0.6) is 0 Å². The van der Waals surface area contributed by atoms with Gasteiger partial charge in [-0.25, -0.2) is 4.98 Å². The van der Waals surface area contributed by atoms with E-state index in [0.717, 1.165) is 21.2 Å². The molecule has 0 unspecified atom stereocenters. The summed E-state index contributed by atoms with van der Waals surface area (Å²) >= 11 is 9.36. The minimum Gasteiger partial charge on any atom is -0.299 e. The molecule has 0 aliphatic carbocycles. The number of nitrogens with zero attached hydrogens (tertiary/aromatic N) is 2. The second-order valence-electron chi connectivity index (χ2n) is 3.32. The van der Waals surface area contributed by atoms with Crippen LogP contribution in [0.2, 0.25) is 5.02 Å². The highest BCUT2D eigenvalue weighted by Crippen LogP contribution is 2.22. The Labute approximate surface area is 99.6 Å². The zero-order valence-electron chi connectivity index (χ0n) is 7.61. The molecule has 0 aliphatic rings. The maximum absolute atomic E-state index is 5.92. The molecular formula is C11H6BrClN2. The first kappa shape index (κ1) is 9.19. The molecule has 2 aromatic heterocycles. The van der Waals surface area contributed by atoms with Gasteiger partial charge in [-0.15, -0.1) is 0 Å². The van der Waals surface area contributed by atoms with Crippen LogP contribution >= 0.6 is 27.5 Å². The smallest absolute Gasteiger partial charge is 0.137 e. The predicted molar refractivity (Wildman–Crippen MR) is 65.4 cm³/mol. The highest BCUT2D eigenvalue weighted by Gasteiger charge is 2.04. The fraction of sp³-hybridized carbons (Fsp3) is 0. The predicted octanol–water partition coefficient (Wildman–Crippen LogP) is 3.90. The van der Waals surface area contributed by atoms with Crippen molar-refractivity contribution in [2.75, 3.05) is 0 Å². The Morgan fingerprint density at radius 3 is 2.93 bits per heavy atom. The molecule has 3 aromatic rings. The highest BCUT2D eigenvalue weighted by molar-refractivity contribution is 9.10. The van der Waals surface area contributed by atoms with E-state index in [0.29, 0.717) is 5.02 Å². The van der Waals surface area contributed by atoms with E-state index >= 15 is 0 Å². The minimum atomic E-state index is 0.713. The van der Waals surface area contributed by atoms with Crippen molar-refractivity contribution in [3.8, 4) is 0 Å². The molecule has 1 aromatic carbocycles. The van der Waals surface area contributed by atoms with E-state index in [1.165, 1.54) is 0 Å². The van der Waals surface area contributed by atoms with Gasteiger partial charge in [0.1, 0.15) is 5.65 Å². The largest absolute Gasteiger partial charge is 0.299 e. The number of halogens is 2. The fourth-order valence-corrected chi connectivity index (χ4v) is 2.17. The molecule has 3 rings (SSSR count). The maximum Gasteiger partial charge on any atom is 0.137 e. The van der Waals surface area contributed by atoms with E-state index in [2.05, 4.69) is 20.9 Å². The van der Waals surface area contributed by atoms with Crippen LogP contribution in [0.15, 0.2) is 41.0 Å². The molecule has 0 atom stereocenters. The summed E-state index contributed by atoms with van der Waals surface area (Å²) in [5.74, 6) is 0. The quantitative estimate of drug-likeness (QED) is 0.611. The van der Waals surface area contributed by atoms with E-state index < -0.39 is 0 Å². The Hall–Kier alpha value is -1.06. The second-order valence-corrected chi connectivity index (χ2v) is 4.67. The van der Waals surface area contributed by atoms with Crippen LogP contribution < -0.4 is 0 Å². The lowest BCUT2D eigenvalue weighted by atomic mass is 10.3. The van der Waals surface area contributed by atoms with Crippen molar-refractivity contribution in [3.63, 3.8) is 0 Å². The van der Waals surface area contributed by atoms with Crippen LogP contribution in [0.1, 0.15) is 0 Å². The Kier molecular flexibility index (Phi) is 1.97. The zero-order valence-corrected chi connectivity index (χ0v) is 9.96. The van der Waals surface area contributed by atoms with Crippen molar-refractivity contribution in [2.45, 2.75) is 0 Å². The number of pyridine rings is 1. The number of imidazole rings is 1. The molecule has 0 N–H and O–H groups in total. The molecule has 0 bridgehead atoms. The van der Waals surface area contributed by atoms with Crippen LogP contribution in [0, 0.1) is 0 Å². The van der Waals surface area contributed by atoms with E-state index in [-0.39, 0.29) is 0 Å². The van der Waals surface area contributed by atoms with Crippen LogP contribution in [0.4, 0.5) is 0 Å². The summed E-state index contributed by atoms with van der Waals surface area (Å²) in [6, 6.07) is 9.67. The van der Waals surface area contributed by atoms with E-state index in [9.17, 15) is 0 Å². The number of benzene rings is 1. The van der Waals surface area contributed by atoms with Crippen LogP contribution in [0.3, 0.4) is 0 Å². The lowest BCUT2D eigenvalue weighted by Gasteiger charge is -1.95. The average Bonchev–Trinajstić information content (AvgIpc) is 2.54. The SMILES string of the molecule is Clc1ccc2c(c1)nc1ccc(Br)cn12. The lowest BCUT2D eigenvalue weighted by Crippen LogP contribution is -1.82. The highest BCUT2D eigenvalue weighted by atomic mass is 79.9. The number of hydrogen-bond acceptors (Lipinski definition) is 1. The monoisotopic (exact) mass is 280 g/mol. The molecule has 0 saturated heterocycles. The third-order valence-electron chi connectivity index (χ3n) is 2.32. The van der Waals surface area contributed by atoms with Crippen molar-refractivity contribution in [3.05, 3.63) is 46.0 Å². The molecule has 74 valence electrons.